The van der Waals surface area contributed by atoms with Crippen LogP contribution in [0.5, 0.6) is 5.75 Å². The van der Waals surface area contributed by atoms with Crippen molar-refractivity contribution in [1.82, 2.24) is 5.32 Å². The second-order valence-corrected chi connectivity index (χ2v) is 4.78. The lowest BCUT2D eigenvalue weighted by Gasteiger charge is -2.08. The number of carbonyl (C=O) groups is 1. The Labute approximate surface area is 110 Å². The van der Waals surface area contributed by atoms with Crippen LogP contribution in [-0.4, -0.2) is 19.1 Å². The molecule has 1 aromatic carbocycles. The van der Waals surface area contributed by atoms with Gasteiger partial charge in [0.25, 0.3) is 0 Å². The molecule has 3 heteroatoms. The predicted molar refractivity (Wildman–Crippen MR) is 73.8 cm³/mol. The quantitative estimate of drug-likeness (QED) is 0.754. The minimum atomic E-state index is 0.153. The maximum absolute atomic E-state index is 11.4. The lowest BCUT2D eigenvalue weighted by molar-refractivity contribution is -0.121. The molecule has 3 nitrogen and oxygen atoms in total. The summed E-state index contributed by atoms with van der Waals surface area (Å²) in [5, 5.41) is 2.90. The summed E-state index contributed by atoms with van der Waals surface area (Å²) < 4.78 is 5.11. The molecule has 0 saturated heterocycles. The number of rotatable bonds is 7. The summed E-state index contributed by atoms with van der Waals surface area (Å²) in [5.41, 5.74) is 1.29. The molecule has 1 aromatic rings. The van der Waals surface area contributed by atoms with Crippen molar-refractivity contribution in [3.63, 3.8) is 0 Å². The Morgan fingerprint density at radius 3 is 2.44 bits per heavy atom. The Hall–Kier alpha value is -1.51. The van der Waals surface area contributed by atoms with Crippen molar-refractivity contribution in [2.45, 2.75) is 45.6 Å². The Morgan fingerprint density at radius 2 is 1.89 bits per heavy atom. The summed E-state index contributed by atoms with van der Waals surface area (Å²) in [4.78, 5) is 11.4. The number of amides is 1. The molecule has 100 valence electrons. The summed E-state index contributed by atoms with van der Waals surface area (Å²) in [5.74, 6) is 1.04. The van der Waals surface area contributed by atoms with Crippen LogP contribution >= 0.6 is 0 Å². The number of ether oxygens (including phenoxy) is 1. The summed E-state index contributed by atoms with van der Waals surface area (Å²) >= 11 is 0. The van der Waals surface area contributed by atoms with Gasteiger partial charge in [-0.15, -0.1) is 0 Å². The van der Waals surface area contributed by atoms with Gasteiger partial charge in [-0.2, -0.15) is 0 Å². The van der Waals surface area contributed by atoms with E-state index in [0.29, 0.717) is 6.42 Å². The van der Waals surface area contributed by atoms with Crippen LogP contribution in [0.4, 0.5) is 0 Å². The lowest BCUT2D eigenvalue weighted by atomic mass is 10.1. The number of benzene rings is 1. The molecule has 0 fully saturated rings. The highest BCUT2D eigenvalue weighted by Crippen LogP contribution is 2.13. The molecule has 0 saturated carbocycles. The van der Waals surface area contributed by atoms with Gasteiger partial charge < -0.3 is 10.1 Å². The molecule has 0 bridgehead atoms. The Kier molecular flexibility index (Phi) is 6.26. The van der Waals surface area contributed by atoms with Crippen molar-refractivity contribution in [2.75, 3.05) is 7.11 Å². The normalized spacial score (nSPS) is 10.4. The predicted octanol–water partition coefficient (Wildman–Crippen LogP) is 2.93. The average molecular weight is 249 g/mol. The summed E-state index contributed by atoms with van der Waals surface area (Å²) in [6, 6.07) is 8.33. The van der Waals surface area contributed by atoms with Crippen molar-refractivity contribution < 1.29 is 9.53 Å². The maximum Gasteiger partial charge on any atom is 0.220 e. The van der Waals surface area contributed by atoms with Gasteiger partial charge in [-0.3, -0.25) is 4.79 Å². The van der Waals surface area contributed by atoms with E-state index in [1.165, 1.54) is 5.56 Å². The zero-order chi connectivity index (χ0) is 13.4. The molecule has 0 atom stereocenters. The SMILES string of the molecule is COc1ccc(CCCCC(=O)NC(C)C)cc1. The Bertz CT molecular complexity index is 357. The third-order valence-electron chi connectivity index (χ3n) is 2.73. The van der Waals surface area contributed by atoms with Gasteiger partial charge >= 0.3 is 0 Å². The van der Waals surface area contributed by atoms with E-state index in [1.54, 1.807) is 7.11 Å². The van der Waals surface area contributed by atoms with Gasteiger partial charge in [0.1, 0.15) is 5.75 Å². The average Bonchev–Trinajstić information content (AvgIpc) is 2.34. The van der Waals surface area contributed by atoms with Crippen LogP contribution in [0.15, 0.2) is 24.3 Å². The number of methoxy groups -OCH3 is 1. The maximum atomic E-state index is 11.4. The first kappa shape index (κ1) is 14.6. The Balaban J connectivity index is 2.19. The molecule has 0 spiro atoms. The molecule has 0 aliphatic carbocycles. The topological polar surface area (TPSA) is 38.3 Å². The number of carbonyl (C=O) groups excluding carboxylic acids is 1. The van der Waals surface area contributed by atoms with Gasteiger partial charge in [-0.1, -0.05) is 12.1 Å². The van der Waals surface area contributed by atoms with Crippen molar-refractivity contribution in [1.29, 1.82) is 0 Å². The minimum absolute atomic E-state index is 0.153. The van der Waals surface area contributed by atoms with Crippen LogP contribution in [0.3, 0.4) is 0 Å². The van der Waals surface area contributed by atoms with E-state index >= 15 is 0 Å². The van der Waals surface area contributed by atoms with Gasteiger partial charge in [0.15, 0.2) is 0 Å². The van der Waals surface area contributed by atoms with Gasteiger partial charge in [-0.25, -0.2) is 0 Å². The first-order valence-electron chi connectivity index (χ1n) is 6.54. The summed E-state index contributed by atoms with van der Waals surface area (Å²) in [6.07, 6.45) is 3.61. The molecule has 1 N–H and O–H groups in total. The fourth-order valence-corrected chi connectivity index (χ4v) is 1.80. The molecule has 1 rings (SSSR count). The molecule has 18 heavy (non-hydrogen) atoms. The van der Waals surface area contributed by atoms with Crippen molar-refractivity contribution in [3.8, 4) is 5.75 Å². The fraction of sp³-hybridized carbons (Fsp3) is 0.533. The summed E-state index contributed by atoms with van der Waals surface area (Å²) in [7, 11) is 1.67. The van der Waals surface area contributed by atoms with E-state index < -0.39 is 0 Å². The van der Waals surface area contributed by atoms with Crippen molar-refractivity contribution in [3.05, 3.63) is 29.8 Å². The van der Waals surface area contributed by atoms with Gasteiger partial charge in [0.05, 0.1) is 7.11 Å². The molecule has 1 amide bonds. The highest BCUT2D eigenvalue weighted by molar-refractivity contribution is 5.76. The van der Waals surface area contributed by atoms with E-state index in [9.17, 15) is 4.79 Å². The van der Waals surface area contributed by atoms with E-state index in [4.69, 9.17) is 4.74 Å². The van der Waals surface area contributed by atoms with Crippen LogP contribution in [0.25, 0.3) is 0 Å². The Morgan fingerprint density at radius 1 is 1.22 bits per heavy atom. The number of hydrogen-bond acceptors (Lipinski definition) is 2. The molecule has 0 aliphatic heterocycles. The third kappa shape index (κ3) is 5.71. The van der Waals surface area contributed by atoms with Crippen molar-refractivity contribution >= 4 is 5.91 Å². The van der Waals surface area contributed by atoms with Crippen LogP contribution in [0, 0.1) is 0 Å². The molecule has 0 aromatic heterocycles. The first-order valence-corrected chi connectivity index (χ1v) is 6.54. The van der Waals surface area contributed by atoms with Gasteiger partial charge in [0, 0.05) is 12.5 Å². The number of unbranched alkanes of at least 4 members (excludes halogenated alkanes) is 1. The zero-order valence-corrected chi connectivity index (χ0v) is 11.5. The number of aryl methyl sites for hydroxylation is 1. The number of hydrogen-bond donors (Lipinski definition) is 1. The van der Waals surface area contributed by atoms with E-state index in [-0.39, 0.29) is 11.9 Å². The third-order valence-corrected chi connectivity index (χ3v) is 2.73. The largest absolute Gasteiger partial charge is 0.497 e. The molecule has 0 unspecified atom stereocenters. The van der Waals surface area contributed by atoms with E-state index in [1.807, 2.05) is 26.0 Å². The highest BCUT2D eigenvalue weighted by Gasteiger charge is 2.02. The molecule has 0 radical (unpaired) electrons. The molecular weight excluding hydrogens is 226 g/mol. The molecular formula is C15H23NO2. The van der Waals surface area contributed by atoms with Crippen molar-refractivity contribution in [2.24, 2.45) is 0 Å². The summed E-state index contributed by atoms with van der Waals surface area (Å²) in [6.45, 7) is 3.96. The zero-order valence-electron chi connectivity index (χ0n) is 11.5. The van der Waals surface area contributed by atoms with Crippen LogP contribution in [0.2, 0.25) is 0 Å². The van der Waals surface area contributed by atoms with E-state index in [2.05, 4.69) is 17.4 Å². The second-order valence-electron chi connectivity index (χ2n) is 4.78. The number of nitrogens with one attached hydrogen (secondary N) is 1. The monoisotopic (exact) mass is 249 g/mol. The standard InChI is InChI=1S/C15H23NO2/c1-12(2)16-15(17)7-5-4-6-13-8-10-14(18-3)11-9-13/h8-12H,4-7H2,1-3H3,(H,16,17). The first-order chi connectivity index (χ1) is 8.61. The van der Waals surface area contributed by atoms with Crippen LogP contribution in [0.1, 0.15) is 38.7 Å². The van der Waals surface area contributed by atoms with Gasteiger partial charge in [-0.05, 0) is 50.8 Å². The van der Waals surface area contributed by atoms with E-state index in [0.717, 1.165) is 25.0 Å². The molecule has 0 aliphatic rings. The lowest BCUT2D eigenvalue weighted by Crippen LogP contribution is -2.29. The fourth-order valence-electron chi connectivity index (χ4n) is 1.80. The molecule has 0 heterocycles. The second kappa shape index (κ2) is 7.75. The van der Waals surface area contributed by atoms with Crippen LogP contribution < -0.4 is 10.1 Å². The smallest absolute Gasteiger partial charge is 0.220 e. The highest BCUT2D eigenvalue weighted by atomic mass is 16.5. The minimum Gasteiger partial charge on any atom is -0.497 e. The van der Waals surface area contributed by atoms with Gasteiger partial charge in [0.2, 0.25) is 5.91 Å². The van der Waals surface area contributed by atoms with Crippen LogP contribution in [-0.2, 0) is 11.2 Å².